The second-order valence-corrected chi connectivity index (χ2v) is 5.42. The average molecular weight is 310 g/mol. The van der Waals surface area contributed by atoms with E-state index < -0.39 is 0 Å². The minimum absolute atomic E-state index is 0.207. The topological polar surface area (TPSA) is 50.7 Å². The number of nitrogens with zero attached hydrogens (tertiary/aromatic N) is 1. The Balaban J connectivity index is 2.11. The molecular formula is C19H22N2O2. The summed E-state index contributed by atoms with van der Waals surface area (Å²) < 4.78 is 5.37. The van der Waals surface area contributed by atoms with E-state index in [-0.39, 0.29) is 11.8 Å². The molecule has 0 bridgehead atoms. The maximum absolute atomic E-state index is 12.2. The van der Waals surface area contributed by atoms with Gasteiger partial charge in [-0.15, -0.1) is 0 Å². The number of ether oxygens (including phenoxy) is 1. The van der Waals surface area contributed by atoms with Crippen molar-refractivity contribution >= 4 is 11.6 Å². The van der Waals surface area contributed by atoms with Crippen LogP contribution in [0.25, 0.3) is 0 Å². The standard InChI is InChI=1S/C19H22N2O2/c1-4-23-17-12-10-16(11-13-17)19(22)21-20-18(14(2)3)15-8-6-5-7-9-15/h5-14H,4H2,1-3H3,(H,21,22). The van der Waals surface area contributed by atoms with Crippen LogP contribution in [0.2, 0.25) is 0 Å². The maximum atomic E-state index is 12.2. The summed E-state index contributed by atoms with van der Waals surface area (Å²) in [4.78, 5) is 12.2. The predicted molar refractivity (Wildman–Crippen MR) is 92.9 cm³/mol. The van der Waals surface area contributed by atoms with E-state index in [0.29, 0.717) is 12.2 Å². The predicted octanol–water partition coefficient (Wildman–Crippen LogP) is 3.88. The lowest BCUT2D eigenvalue weighted by Gasteiger charge is -2.11. The molecule has 0 radical (unpaired) electrons. The smallest absolute Gasteiger partial charge is 0.271 e. The molecule has 0 aromatic heterocycles. The first-order valence-corrected chi connectivity index (χ1v) is 7.78. The van der Waals surface area contributed by atoms with Gasteiger partial charge in [-0.2, -0.15) is 5.10 Å². The van der Waals surface area contributed by atoms with E-state index in [1.54, 1.807) is 24.3 Å². The number of hydrazone groups is 1. The quantitative estimate of drug-likeness (QED) is 0.650. The van der Waals surface area contributed by atoms with Crippen molar-refractivity contribution in [1.82, 2.24) is 5.43 Å². The molecule has 0 atom stereocenters. The van der Waals surface area contributed by atoms with Crippen LogP contribution in [0.5, 0.6) is 5.75 Å². The zero-order valence-electron chi connectivity index (χ0n) is 13.7. The Morgan fingerprint density at radius 1 is 1.04 bits per heavy atom. The Kier molecular flexibility index (Phi) is 5.92. The molecule has 2 aromatic carbocycles. The van der Waals surface area contributed by atoms with Crippen LogP contribution in [0, 0.1) is 5.92 Å². The van der Waals surface area contributed by atoms with Gasteiger partial charge in [-0.25, -0.2) is 5.43 Å². The van der Waals surface area contributed by atoms with Gasteiger partial charge in [0, 0.05) is 5.56 Å². The Morgan fingerprint density at radius 2 is 1.70 bits per heavy atom. The van der Waals surface area contributed by atoms with Crippen LogP contribution in [0.4, 0.5) is 0 Å². The SMILES string of the molecule is CCOc1ccc(C(=O)NN=C(c2ccccc2)C(C)C)cc1. The molecule has 2 rings (SSSR count). The van der Waals surface area contributed by atoms with Gasteiger partial charge in [-0.1, -0.05) is 44.2 Å². The Bertz CT molecular complexity index is 662. The van der Waals surface area contributed by atoms with Crippen LogP contribution >= 0.6 is 0 Å². The van der Waals surface area contributed by atoms with Gasteiger partial charge in [0.05, 0.1) is 12.3 Å². The van der Waals surface area contributed by atoms with Crippen molar-refractivity contribution < 1.29 is 9.53 Å². The second-order valence-electron chi connectivity index (χ2n) is 5.42. The molecular weight excluding hydrogens is 288 g/mol. The Morgan fingerprint density at radius 3 is 2.26 bits per heavy atom. The van der Waals surface area contributed by atoms with Crippen LogP contribution in [0.1, 0.15) is 36.7 Å². The number of carbonyl (C=O) groups excluding carboxylic acids is 1. The molecule has 4 nitrogen and oxygen atoms in total. The second kappa shape index (κ2) is 8.13. The minimum Gasteiger partial charge on any atom is -0.494 e. The number of hydrogen-bond donors (Lipinski definition) is 1. The third-order valence-corrected chi connectivity index (χ3v) is 3.32. The fraction of sp³-hybridized carbons (Fsp3) is 0.263. The number of benzene rings is 2. The number of carbonyl (C=O) groups is 1. The summed E-state index contributed by atoms with van der Waals surface area (Å²) in [6.45, 7) is 6.63. The van der Waals surface area contributed by atoms with Crippen molar-refractivity contribution in [2.75, 3.05) is 6.61 Å². The molecule has 0 spiro atoms. The molecule has 0 unspecified atom stereocenters. The molecule has 0 saturated carbocycles. The van der Waals surface area contributed by atoms with E-state index >= 15 is 0 Å². The molecule has 1 N–H and O–H groups in total. The number of nitrogens with one attached hydrogen (secondary N) is 1. The van der Waals surface area contributed by atoms with Crippen LogP contribution in [0.15, 0.2) is 59.7 Å². The van der Waals surface area contributed by atoms with E-state index in [1.165, 1.54) is 0 Å². The highest BCUT2D eigenvalue weighted by molar-refractivity contribution is 6.03. The summed E-state index contributed by atoms with van der Waals surface area (Å²) in [7, 11) is 0. The van der Waals surface area contributed by atoms with E-state index in [1.807, 2.05) is 37.3 Å². The summed E-state index contributed by atoms with van der Waals surface area (Å²) in [5.41, 5.74) is 5.05. The highest BCUT2D eigenvalue weighted by Crippen LogP contribution is 2.12. The van der Waals surface area contributed by atoms with Gasteiger partial charge < -0.3 is 4.74 Å². The van der Waals surface area contributed by atoms with Crippen molar-refractivity contribution in [3.05, 3.63) is 65.7 Å². The summed E-state index contributed by atoms with van der Waals surface area (Å²) in [6, 6.07) is 16.9. The van der Waals surface area contributed by atoms with E-state index in [2.05, 4.69) is 24.4 Å². The van der Waals surface area contributed by atoms with Crippen molar-refractivity contribution in [2.24, 2.45) is 11.0 Å². The molecule has 0 aliphatic rings. The average Bonchev–Trinajstić information content (AvgIpc) is 2.56. The summed E-state index contributed by atoms with van der Waals surface area (Å²) in [5, 5.41) is 4.31. The lowest BCUT2D eigenvalue weighted by Crippen LogP contribution is -2.22. The van der Waals surface area contributed by atoms with Crippen LogP contribution < -0.4 is 10.2 Å². The molecule has 2 aromatic rings. The van der Waals surface area contributed by atoms with Crippen molar-refractivity contribution in [3.63, 3.8) is 0 Å². The molecule has 1 amide bonds. The molecule has 0 aliphatic carbocycles. The molecule has 0 fully saturated rings. The van der Waals surface area contributed by atoms with Gasteiger partial charge in [0.25, 0.3) is 5.91 Å². The van der Waals surface area contributed by atoms with Gasteiger partial charge in [0.1, 0.15) is 5.75 Å². The largest absolute Gasteiger partial charge is 0.494 e. The Labute approximate surface area is 137 Å². The van der Waals surface area contributed by atoms with Gasteiger partial charge >= 0.3 is 0 Å². The van der Waals surface area contributed by atoms with Crippen LogP contribution in [-0.2, 0) is 0 Å². The minimum atomic E-state index is -0.234. The molecule has 0 saturated heterocycles. The monoisotopic (exact) mass is 310 g/mol. The van der Waals surface area contributed by atoms with Crippen LogP contribution in [-0.4, -0.2) is 18.2 Å². The highest BCUT2D eigenvalue weighted by Gasteiger charge is 2.10. The van der Waals surface area contributed by atoms with Crippen molar-refractivity contribution in [2.45, 2.75) is 20.8 Å². The van der Waals surface area contributed by atoms with E-state index in [9.17, 15) is 4.79 Å². The normalized spacial score (nSPS) is 11.4. The maximum Gasteiger partial charge on any atom is 0.271 e. The van der Waals surface area contributed by atoms with Gasteiger partial charge in [0.2, 0.25) is 0 Å². The molecule has 0 aliphatic heterocycles. The van der Waals surface area contributed by atoms with Gasteiger partial charge in [-0.05, 0) is 42.7 Å². The zero-order chi connectivity index (χ0) is 16.7. The molecule has 0 heterocycles. The third kappa shape index (κ3) is 4.68. The van der Waals surface area contributed by atoms with Gasteiger partial charge in [-0.3, -0.25) is 4.79 Å². The molecule has 120 valence electrons. The highest BCUT2D eigenvalue weighted by atomic mass is 16.5. The number of amides is 1. The fourth-order valence-corrected chi connectivity index (χ4v) is 2.18. The lowest BCUT2D eigenvalue weighted by atomic mass is 10.0. The van der Waals surface area contributed by atoms with Crippen LogP contribution in [0.3, 0.4) is 0 Å². The third-order valence-electron chi connectivity index (χ3n) is 3.32. The first kappa shape index (κ1) is 16.7. The van der Waals surface area contributed by atoms with Gasteiger partial charge in [0.15, 0.2) is 0 Å². The zero-order valence-corrected chi connectivity index (χ0v) is 13.7. The fourth-order valence-electron chi connectivity index (χ4n) is 2.18. The summed E-state index contributed by atoms with van der Waals surface area (Å²) in [6.07, 6.45) is 0. The molecule has 23 heavy (non-hydrogen) atoms. The van der Waals surface area contributed by atoms with E-state index in [4.69, 9.17) is 4.74 Å². The molecule has 4 heteroatoms. The number of rotatable bonds is 6. The summed E-state index contributed by atoms with van der Waals surface area (Å²) in [5.74, 6) is 0.722. The lowest BCUT2D eigenvalue weighted by molar-refractivity contribution is 0.0954. The van der Waals surface area contributed by atoms with Crippen molar-refractivity contribution in [1.29, 1.82) is 0 Å². The van der Waals surface area contributed by atoms with Crippen molar-refractivity contribution in [3.8, 4) is 5.75 Å². The van der Waals surface area contributed by atoms with E-state index in [0.717, 1.165) is 17.0 Å². The first-order valence-electron chi connectivity index (χ1n) is 7.78. The Hall–Kier alpha value is -2.62. The number of hydrogen-bond acceptors (Lipinski definition) is 3. The first-order chi connectivity index (χ1) is 11.1. The summed E-state index contributed by atoms with van der Waals surface area (Å²) >= 11 is 0.